The summed E-state index contributed by atoms with van der Waals surface area (Å²) in [7, 11) is 1.48. The molecule has 58 valence electrons. The lowest BCUT2D eigenvalue weighted by molar-refractivity contribution is 0.0961. The van der Waals surface area contributed by atoms with E-state index in [1.54, 1.807) is 6.07 Å². The summed E-state index contributed by atoms with van der Waals surface area (Å²) in [5.41, 5.74) is -0.234. The summed E-state index contributed by atoms with van der Waals surface area (Å²) in [6.45, 7) is 0. The Hall–Kier alpha value is -1.58. The zero-order valence-electron chi connectivity index (χ0n) is 6.05. The van der Waals surface area contributed by atoms with Gasteiger partial charge in [0.15, 0.2) is 0 Å². The molecule has 4 heteroatoms. The monoisotopic (exact) mass is 152 g/mol. The molecular weight excluding hydrogens is 144 g/mol. The second kappa shape index (κ2) is 3.01. The number of pyridine rings is 1. The standard InChI is InChI=1S/C7H8N2O2/c1-8-6(10)5-3-2-4-9-7(5)11/h2-4H,1H3,(H,8,10)(H,9,11). The number of aromatic nitrogens is 1. The zero-order valence-corrected chi connectivity index (χ0v) is 6.05. The Balaban J connectivity index is 3.14. The highest BCUT2D eigenvalue weighted by Gasteiger charge is 2.05. The van der Waals surface area contributed by atoms with Crippen molar-refractivity contribution in [3.8, 4) is 0 Å². The summed E-state index contributed by atoms with van der Waals surface area (Å²) in [5.74, 6) is -0.369. The number of nitrogens with one attached hydrogen (secondary N) is 2. The van der Waals surface area contributed by atoms with Crippen LogP contribution in [-0.2, 0) is 0 Å². The van der Waals surface area contributed by atoms with Crippen molar-refractivity contribution in [2.45, 2.75) is 0 Å². The molecular formula is C7H8N2O2. The quantitative estimate of drug-likeness (QED) is 0.582. The number of rotatable bonds is 1. The third kappa shape index (κ3) is 1.46. The van der Waals surface area contributed by atoms with Crippen LogP contribution in [0.25, 0.3) is 0 Å². The molecule has 2 N–H and O–H groups in total. The molecule has 0 aliphatic carbocycles. The molecule has 0 saturated heterocycles. The van der Waals surface area contributed by atoms with Crippen LogP contribution in [0.1, 0.15) is 10.4 Å². The Bertz CT molecular complexity index is 316. The van der Waals surface area contributed by atoms with E-state index in [0.717, 1.165) is 0 Å². The van der Waals surface area contributed by atoms with E-state index >= 15 is 0 Å². The highest BCUT2D eigenvalue weighted by molar-refractivity contribution is 5.93. The molecule has 0 aromatic carbocycles. The highest BCUT2D eigenvalue weighted by atomic mass is 16.2. The topological polar surface area (TPSA) is 62.0 Å². The van der Waals surface area contributed by atoms with Crippen molar-refractivity contribution < 1.29 is 4.79 Å². The van der Waals surface area contributed by atoms with E-state index in [9.17, 15) is 9.59 Å². The molecule has 1 aromatic rings. The minimum Gasteiger partial charge on any atom is -0.355 e. The number of carbonyl (C=O) groups is 1. The van der Waals surface area contributed by atoms with Gasteiger partial charge in [-0.3, -0.25) is 9.59 Å². The van der Waals surface area contributed by atoms with Crippen LogP contribution in [0.5, 0.6) is 0 Å². The Labute approximate surface area is 63.3 Å². The lowest BCUT2D eigenvalue weighted by Gasteiger charge is -1.95. The maximum absolute atomic E-state index is 10.9. The first kappa shape index (κ1) is 7.53. The summed E-state index contributed by atoms with van der Waals surface area (Å²) in [6.07, 6.45) is 1.48. The van der Waals surface area contributed by atoms with Gasteiger partial charge >= 0.3 is 0 Å². The van der Waals surface area contributed by atoms with E-state index in [1.807, 2.05) is 0 Å². The third-order valence-electron chi connectivity index (χ3n) is 1.29. The average molecular weight is 152 g/mol. The Morgan fingerprint density at radius 1 is 1.64 bits per heavy atom. The SMILES string of the molecule is CNC(=O)c1ccc[nH]c1=O. The van der Waals surface area contributed by atoms with Gasteiger partial charge in [-0.2, -0.15) is 0 Å². The molecule has 1 amide bonds. The van der Waals surface area contributed by atoms with Crippen molar-refractivity contribution in [1.29, 1.82) is 0 Å². The maximum Gasteiger partial charge on any atom is 0.260 e. The third-order valence-corrected chi connectivity index (χ3v) is 1.29. The molecule has 0 fully saturated rings. The molecule has 0 aliphatic heterocycles. The smallest absolute Gasteiger partial charge is 0.260 e. The van der Waals surface area contributed by atoms with E-state index in [-0.39, 0.29) is 17.0 Å². The van der Waals surface area contributed by atoms with Gasteiger partial charge in [0.25, 0.3) is 11.5 Å². The van der Waals surface area contributed by atoms with Gasteiger partial charge in [-0.1, -0.05) is 0 Å². The lowest BCUT2D eigenvalue weighted by Crippen LogP contribution is -2.25. The van der Waals surface area contributed by atoms with E-state index in [0.29, 0.717) is 0 Å². The lowest BCUT2D eigenvalue weighted by atomic mass is 10.3. The van der Waals surface area contributed by atoms with Crippen molar-refractivity contribution in [1.82, 2.24) is 10.3 Å². The molecule has 1 rings (SSSR count). The Kier molecular flexibility index (Phi) is 2.06. The molecule has 0 atom stereocenters. The number of H-pyrrole nitrogens is 1. The first-order chi connectivity index (χ1) is 5.25. The number of hydrogen-bond donors (Lipinski definition) is 2. The first-order valence-corrected chi connectivity index (χ1v) is 3.15. The van der Waals surface area contributed by atoms with Crippen LogP contribution < -0.4 is 10.9 Å². The minimum atomic E-state index is -0.369. The predicted octanol–water partition coefficient (Wildman–Crippen LogP) is -0.266. The molecule has 0 spiro atoms. The van der Waals surface area contributed by atoms with E-state index in [2.05, 4.69) is 10.3 Å². The number of carbonyl (C=O) groups excluding carboxylic acids is 1. The normalized spacial score (nSPS) is 9.18. The van der Waals surface area contributed by atoms with Crippen LogP contribution in [0.15, 0.2) is 23.1 Å². The van der Waals surface area contributed by atoms with Gasteiger partial charge in [0.05, 0.1) is 0 Å². The fourth-order valence-electron chi connectivity index (χ4n) is 0.735. The highest BCUT2D eigenvalue weighted by Crippen LogP contribution is 1.86. The molecule has 0 bridgehead atoms. The van der Waals surface area contributed by atoms with E-state index < -0.39 is 0 Å². The van der Waals surface area contributed by atoms with Gasteiger partial charge in [-0.05, 0) is 12.1 Å². The summed E-state index contributed by atoms with van der Waals surface area (Å²) in [4.78, 5) is 24.2. The average Bonchev–Trinajstić information content (AvgIpc) is 2.04. The Morgan fingerprint density at radius 3 is 2.91 bits per heavy atom. The van der Waals surface area contributed by atoms with Crippen LogP contribution in [0.2, 0.25) is 0 Å². The van der Waals surface area contributed by atoms with Gasteiger partial charge < -0.3 is 10.3 Å². The van der Waals surface area contributed by atoms with Gasteiger partial charge in [-0.25, -0.2) is 0 Å². The molecule has 0 unspecified atom stereocenters. The van der Waals surface area contributed by atoms with E-state index in [1.165, 1.54) is 19.3 Å². The molecule has 0 aliphatic rings. The first-order valence-electron chi connectivity index (χ1n) is 3.15. The van der Waals surface area contributed by atoms with Crippen molar-refractivity contribution >= 4 is 5.91 Å². The maximum atomic E-state index is 10.9. The van der Waals surface area contributed by atoms with Gasteiger partial charge in [-0.15, -0.1) is 0 Å². The van der Waals surface area contributed by atoms with Gasteiger partial charge in [0.2, 0.25) is 0 Å². The van der Waals surface area contributed by atoms with Crippen molar-refractivity contribution in [3.05, 3.63) is 34.2 Å². The molecule has 0 saturated carbocycles. The second-order valence-corrected chi connectivity index (χ2v) is 1.99. The predicted molar refractivity (Wildman–Crippen MR) is 40.5 cm³/mol. The molecule has 1 aromatic heterocycles. The van der Waals surface area contributed by atoms with Crippen molar-refractivity contribution in [2.75, 3.05) is 7.05 Å². The summed E-state index contributed by atoms with van der Waals surface area (Å²) >= 11 is 0. The van der Waals surface area contributed by atoms with Crippen LogP contribution >= 0.6 is 0 Å². The summed E-state index contributed by atoms with van der Waals surface area (Å²) < 4.78 is 0. The molecule has 0 radical (unpaired) electrons. The molecule has 4 nitrogen and oxygen atoms in total. The van der Waals surface area contributed by atoms with Crippen LogP contribution in [-0.4, -0.2) is 17.9 Å². The fourth-order valence-corrected chi connectivity index (χ4v) is 0.735. The number of amides is 1. The van der Waals surface area contributed by atoms with Crippen LogP contribution in [0.4, 0.5) is 0 Å². The number of hydrogen-bond acceptors (Lipinski definition) is 2. The summed E-state index contributed by atoms with van der Waals surface area (Å²) in [5, 5.41) is 2.36. The van der Waals surface area contributed by atoms with Crippen LogP contribution in [0.3, 0.4) is 0 Å². The van der Waals surface area contributed by atoms with Gasteiger partial charge in [0.1, 0.15) is 5.56 Å². The number of aromatic amines is 1. The zero-order chi connectivity index (χ0) is 8.27. The molecule has 1 heterocycles. The van der Waals surface area contributed by atoms with Crippen LogP contribution in [0, 0.1) is 0 Å². The fraction of sp³-hybridized carbons (Fsp3) is 0.143. The summed E-state index contributed by atoms with van der Waals surface area (Å²) in [6, 6.07) is 3.07. The minimum absolute atomic E-state index is 0.134. The molecule has 11 heavy (non-hydrogen) atoms. The second-order valence-electron chi connectivity index (χ2n) is 1.99. The largest absolute Gasteiger partial charge is 0.355 e. The van der Waals surface area contributed by atoms with Gasteiger partial charge in [0, 0.05) is 13.2 Å². The van der Waals surface area contributed by atoms with E-state index in [4.69, 9.17) is 0 Å². The van der Waals surface area contributed by atoms with Crippen molar-refractivity contribution in [2.24, 2.45) is 0 Å². The van der Waals surface area contributed by atoms with Crippen molar-refractivity contribution in [3.63, 3.8) is 0 Å². The Morgan fingerprint density at radius 2 is 2.36 bits per heavy atom.